The van der Waals surface area contributed by atoms with E-state index >= 15 is 0 Å². The highest BCUT2D eigenvalue weighted by atomic mass is 16.5. The van der Waals surface area contributed by atoms with Gasteiger partial charge in [0.15, 0.2) is 0 Å². The molecule has 1 aromatic heterocycles. The molecule has 4 heteroatoms. The fraction of sp³-hybridized carbons (Fsp3) is 0.467. The van der Waals surface area contributed by atoms with Crippen LogP contribution in [0.5, 0.6) is 5.75 Å². The van der Waals surface area contributed by atoms with Crippen molar-refractivity contribution in [2.45, 2.75) is 39.7 Å². The van der Waals surface area contributed by atoms with Crippen LogP contribution in [0.4, 0.5) is 0 Å². The van der Waals surface area contributed by atoms with Gasteiger partial charge in [0, 0.05) is 6.54 Å². The van der Waals surface area contributed by atoms with E-state index in [0.717, 1.165) is 31.6 Å². The maximum Gasteiger partial charge on any atom is 0.261 e. The lowest BCUT2D eigenvalue weighted by atomic mass is 10.2. The van der Waals surface area contributed by atoms with E-state index in [0.29, 0.717) is 16.7 Å². The third-order valence-corrected chi connectivity index (χ3v) is 3.34. The molecule has 0 N–H and O–H groups in total. The minimum Gasteiger partial charge on any atom is -0.494 e. The summed E-state index contributed by atoms with van der Waals surface area (Å²) in [6.07, 6.45) is 3.28. The highest BCUT2D eigenvalue weighted by molar-refractivity contribution is 5.83. The van der Waals surface area contributed by atoms with Gasteiger partial charge in [-0.05, 0) is 25.5 Å². The summed E-state index contributed by atoms with van der Waals surface area (Å²) in [7, 11) is 1.60. The van der Waals surface area contributed by atoms with Crippen LogP contribution in [0.3, 0.4) is 0 Å². The Hall–Kier alpha value is -1.84. The molecule has 4 nitrogen and oxygen atoms in total. The van der Waals surface area contributed by atoms with Crippen molar-refractivity contribution in [3.63, 3.8) is 0 Å². The molecule has 0 saturated carbocycles. The second kappa shape index (κ2) is 5.87. The van der Waals surface area contributed by atoms with Gasteiger partial charge in [-0.15, -0.1) is 0 Å². The number of hydrogen-bond donors (Lipinski definition) is 0. The normalized spacial score (nSPS) is 10.9. The third kappa shape index (κ3) is 2.62. The smallest absolute Gasteiger partial charge is 0.261 e. The lowest BCUT2D eigenvalue weighted by Gasteiger charge is -2.11. The second-order valence-corrected chi connectivity index (χ2v) is 4.68. The molecule has 0 unspecified atom stereocenters. The number of fused-ring (bicyclic) bond motifs is 1. The maximum atomic E-state index is 12.5. The molecule has 0 atom stereocenters. The van der Waals surface area contributed by atoms with Crippen molar-refractivity contribution in [1.29, 1.82) is 0 Å². The van der Waals surface area contributed by atoms with E-state index in [1.807, 2.05) is 25.1 Å². The molecular weight excluding hydrogens is 240 g/mol. The molecule has 0 aliphatic rings. The first-order valence-electron chi connectivity index (χ1n) is 6.73. The van der Waals surface area contributed by atoms with Gasteiger partial charge < -0.3 is 4.74 Å². The number of benzene rings is 1. The van der Waals surface area contributed by atoms with Crippen LogP contribution < -0.4 is 10.3 Å². The van der Waals surface area contributed by atoms with Gasteiger partial charge in [-0.1, -0.05) is 25.8 Å². The van der Waals surface area contributed by atoms with E-state index in [4.69, 9.17) is 4.74 Å². The SMILES string of the molecule is CCCCCn1c(C)nc2c(OC)cccc2c1=O. The van der Waals surface area contributed by atoms with Crippen molar-refractivity contribution in [3.05, 3.63) is 34.4 Å². The summed E-state index contributed by atoms with van der Waals surface area (Å²) >= 11 is 0. The van der Waals surface area contributed by atoms with Crippen LogP contribution in [-0.4, -0.2) is 16.7 Å². The van der Waals surface area contributed by atoms with Crippen molar-refractivity contribution in [2.24, 2.45) is 0 Å². The van der Waals surface area contributed by atoms with Crippen LogP contribution in [0.2, 0.25) is 0 Å². The van der Waals surface area contributed by atoms with Crippen molar-refractivity contribution in [3.8, 4) is 5.75 Å². The summed E-state index contributed by atoms with van der Waals surface area (Å²) in [6, 6.07) is 5.47. The Bertz CT molecular complexity index is 632. The lowest BCUT2D eigenvalue weighted by Crippen LogP contribution is -2.24. The predicted molar refractivity (Wildman–Crippen MR) is 76.8 cm³/mol. The number of aromatic nitrogens is 2. The Morgan fingerprint density at radius 1 is 1.32 bits per heavy atom. The predicted octanol–water partition coefficient (Wildman–Crippen LogP) is 2.90. The number of nitrogens with zero attached hydrogens (tertiary/aromatic N) is 2. The Morgan fingerprint density at radius 3 is 2.79 bits per heavy atom. The van der Waals surface area contributed by atoms with Gasteiger partial charge in [0.2, 0.25) is 0 Å². The second-order valence-electron chi connectivity index (χ2n) is 4.68. The molecule has 2 aromatic rings. The van der Waals surface area contributed by atoms with Gasteiger partial charge >= 0.3 is 0 Å². The van der Waals surface area contributed by atoms with E-state index in [2.05, 4.69) is 11.9 Å². The molecule has 0 fully saturated rings. The van der Waals surface area contributed by atoms with Crippen molar-refractivity contribution < 1.29 is 4.74 Å². The van der Waals surface area contributed by atoms with Crippen molar-refractivity contribution in [2.75, 3.05) is 7.11 Å². The number of unbranched alkanes of at least 4 members (excludes halogenated alkanes) is 2. The van der Waals surface area contributed by atoms with Crippen LogP contribution in [-0.2, 0) is 6.54 Å². The zero-order valence-corrected chi connectivity index (χ0v) is 11.8. The Balaban J connectivity index is 2.53. The molecule has 102 valence electrons. The molecule has 0 amide bonds. The van der Waals surface area contributed by atoms with Crippen molar-refractivity contribution >= 4 is 10.9 Å². The molecule has 0 radical (unpaired) electrons. The van der Waals surface area contributed by atoms with E-state index in [-0.39, 0.29) is 5.56 Å². The number of ether oxygens (including phenoxy) is 1. The number of rotatable bonds is 5. The van der Waals surface area contributed by atoms with Crippen molar-refractivity contribution in [1.82, 2.24) is 9.55 Å². The fourth-order valence-electron chi connectivity index (χ4n) is 2.27. The quantitative estimate of drug-likeness (QED) is 0.776. The third-order valence-electron chi connectivity index (χ3n) is 3.34. The van der Waals surface area contributed by atoms with Gasteiger partial charge in [-0.25, -0.2) is 4.98 Å². The lowest BCUT2D eigenvalue weighted by molar-refractivity contribution is 0.418. The Morgan fingerprint density at radius 2 is 2.11 bits per heavy atom. The molecule has 2 rings (SSSR count). The average molecular weight is 260 g/mol. The monoisotopic (exact) mass is 260 g/mol. The van der Waals surface area contributed by atoms with Gasteiger partial charge in [0.1, 0.15) is 17.1 Å². The van der Waals surface area contributed by atoms with Crippen LogP contribution in [0.25, 0.3) is 10.9 Å². The zero-order chi connectivity index (χ0) is 13.8. The van der Waals surface area contributed by atoms with Crippen LogP contribution in [0.1, 0.15) is 32.0 Å². The summed E-state index contributed by atoms with van der Waals surface area (Å²) in [5.74, 6) is 1.40. The average Bonchev–Trinajstić information content (AvgIpc) is 2.42. The number of para-hydroxylation sites is 1. The Labute approximate surface area is 113 Å². The maximum absolute atomic E-state index is 12.5. The fourth-order valence-corrected chi connectivity index (χ4v) is 2.27. The summed E-state index contributed by atoms with van der Waals surface area (Å²) in [4.78, 5) is 17.0. The first-order chi connectivity index (χ1) is 9.19. The molecule has 1 heterocycles. The van der Waals surface area contributed by atoms with Gasteiger partial charge in [0.25, 0.3) is 5.56 Å². The molecule has 0 saturated heterocycles. The number of hydrogen-bond acceptors (Lipinski definition) is 3. The van der Waals surface area contributed by atoms with E-state index in [1.165, 1.54) is 0 Å². The number of methoxy groups -OCH3 is 1. The molecule has 1 aromatic carbocycles. The topological polar surface area (TPSA) is 44.1 Å². The van der Waals surface area contributed by atoms with Gasteiger partial charge in [-0.2, -0.15) is 0 Å². The summed E-state index contributed by atoms with van der Waals surface area (Å²) in [5.41, 5.74) is 0.678. The standard InChI is InChI=1S/C15H20N2O2/c1-4-5-6-10-17-11(2)16-14-12(15(17)18)8-7-9-13(14)19-3/h7-9H,4-6,10H2,1-3H3. The molecule has 0 bridgehead atoms. The van der Waals surface area contributed by atoms with E-state index < -0.39 is 0 Å². The first kappa shape index (κ1) is 13.6. The van der Waals surface area contributed by atoms with Crippen LogP contribution in [0.15, 0.2) is 23.0 Å². The molecule has 0 spiro atoms. The minimum absolute atomic E-state index is 0.0255. The van der Waals surface area contributed by atoms with Gasteiger partial charge in [0.05, 0.1) is 12.5 Å². The minimum atomic E-state index is 0.0255. The molecule has 0 aliphatic heterocycles. The van der Waals surface area contributed by atoms with E-state index in [9.17, 15) is 4.79 Å². The number of aryl methyl sites for hydroxylation is 1. The summed E-state index contributed by atoms with van der Waals surface area (Å²) in [6.45, 7) is 4.76. The summed E-state index contributed by atoms with van der Waals surface area (Å²) < 4.78 is 7.03. The Kier molecular flexibility index (Phi) is 4.20. The molecule has 0 aliphatic carbocycles. The highest BCUT2D eigenvalue weighted by Crippen LogP contribution is 2.21. The van der Waals surface area contributed by atoms with Crippen LogP contribution >= 0.6 is 0 Å². The summed E-state index contributed by atoms with van der Waals surface area (Å²) in [5, 5.41) is 0.626. The first-order valence-corrected chi connectivity index (χ1v) is 6.73. The van der Waals surface area contributed by atoms with Crippen LogP contribution in [0, 0.1) is 6.92 Å². The zero-order valence-electron chi connectivity index (χ0n) is 11.8. The molecule has 19 heavy (non-hydrogen) atoms. The highest BCUT2D eigenvalue weighted by Gasteiger charge is 2.10. The van der Waals surface area contributed by atoms with E-state index in [1.54, 1.807) is 11.7 Å². The largest absolute Gasteiger partial charge is 0.494 e. The van der Waals surface area contributed by atoms with Gasteiger partial charge in [-0.3, -0.25) is 9.36 Å². The molecular formula is C15H20N2O2.